The lowest BCUT2D eigenvalue weighted by atomic mass is 9.83. The fourth-order valence-electron chi connectivity index (χ4n) is 12.7. The van der Waals surface area contributed by atoms with Crippen LogP contribution in [0.1, 0.15) is 156 Å². The highest BCUT2D eigenvalue weighted by molar-refractivity contribution is 14.1. The summed E-state index contributed by atoms with van der Waals surface area (Å²) in [5, 5.41) is 27.5. The van der Waals surface area contributed by atoms with Gasteiger partial charge in [0.05, 0.1) is 68.7 Å². The number of benzene rings is 6. The van der Waals surface area contributed by atoms with Gasteiger partial charge in [0, 0.05) is 106 Å². The molecule has 0 aromatic heterocycles. The molecule has 0 radical (unpaired) electrons. The normalized spacial score (nSPS) is 14.4. The zero-order chi connectivity index (χ0) is 88.6. The number of quaternary nitrogens is 3. The Labute approximate surface area is 910 Å². The van der Waals surface area contributed by atoms with E-state index in [1.807, 2.05) is 156 Å². The summed E-state index contributed by atoms with van der Waals surface area (Å²) in [6.07, 6.45) is 5.54. The molecular formula is C80H84I16N3O20+3. The number of aromatic hydroxyl groups is 2. The third-order valence-electron chi connectivity index (χ3n) is 19.9. The van der Waals surface area contributed by atoms with Gasteiger partial charge in [0.15, 0.2) is 0 Å². The van der Waals surface area contributed by atoms with E-state index in [0.29, 0.717) is 29.4 Å². The maximum atomic E-state index is 13.8. The van der Waals surface area contributed by atoms with Gasteiger partial charge in [-0.15, -0.1) is 0 Å². The first-order chi connectivity index (χ1) is 55.6. The molecule has 6 aromatic rings. The summed E-state index contributed by atoms with van der Waals surface area (Å²) in [5.74, 6) is -6.45. The van der Waals surface area contributed by atoms with Crippen LogP contribution in [0.3, 0.4) is 0 Å². The number of hydrogen-bond acceptors (Lipinski definition) is 20. The van der Waals surface area contributed by atoms with Crippen molar-refractivity contribution in [2.75, 3.05) is 78.9 Å². The molecule has 3 heterocycles. The van der Waals surface area contributed by atoms with E-state index in [2.05, 4.69) is 287 Å². The minimum atomic E-state index is -1.57. The number of carbonyl (C=O) groups is 9. The molecule has 0 saturated carbocycles. The zero-order valence-electron chi connectivity index (χ0n) is 65.0. The van der Waals surface area contributed by atoms with Crippen molar-refractivity contribution in [3.05, 3.63) is 163 Å². The number of halogens is 16. The van der Waals surface area contributed by atoms with Crippen LogP contribution >= 0.6 is 361 Å². The molecule has 0 spiro atoms. The molecule has 9 rings (SSSR count). The number of nitrogens with two attached hydrogens (primary N) is 3. The third-order valence-corrected chi connectivity index (χ3v) is 37.5. The van der Waals surface area contributed by atoms with Gasteiger partial charge in [-0.2, -0.15) is 0 Å². The largest absolute Gasteiger partial charge is 0.506 e. The van der Waals surface area contributed by atoms with Crippen LogP contribution in [0.15, 0.2) is 72.8 Å². The Morgan fingerprint density at radius 1 is 0.319 bits per heavy atom. The summed E-state index contributed by atoms with van der Waals surface area (Å²) in [5.41, 5.74) is -3.57. The summed E-state index contributed by atoms with van der Waals surface area (Å²) in [7, 11) is 0. The minimum Gasteiger partial charge on any atom is -0.506 e. The maximum absolute atomic E-state index is 13.8. The Morgan fingerprint density at radius 3 is 0.782 bits per heavy atom. The molecule has 3 aliphatic heterocycles. The molecule has 0 bridgehead atoms. The number of esters is 9. The molecule has 3 aliphatic rings. The molecule has 0 amide bonds. The molecule has 39 heteroatoms. The second-order valence-corrected chi connectivity index (χ2v) is 49.1. The molecule has 6 aromatic carbocycles. The van der Waals surface area contributed by atoms with Crippen LogP contribution in [0.2, 0.25) is 0 Å². The number of ether oxygens (including phenoxy) is 9. The third kappa shape index (κ3) is 31.7. The molecular weight excluding hydrogens is 3350 g/mol. The Hall–Kier alpha value is 1.71. The standard InChI is InChI=1S/C27H27I6NO6.C27H29I4NO8.C26H25I6NO6/c1-26(2,14-4-6-34-7-5-14)40-25(37)27(3,12-38-23(35)17-8-15(28)10-19(30)21(17)32)13-39-24(36)18-9-16(29)11-20(31)22(18)33;1-26(2,14-4-6-32-7-5-14)40-25(37)27(3,12-38-23(35)17-8-15(28)10-19(30)21(17)33)13-39-24(36)18-9-16(29)11-20(31)22(18)34;1-26(2,14-3-5-33-6-4-14)39-23(34)13(11-37-24(35)17-7-15(27)9-19(29)21(17)31)12-38-25(36)18-8-16(28)10-20(30)22(18)32/h8-11,14,34H,4-7,12-13H2,1-3H3;8-11,14,32-34H,4-7,12-13H2,1-3H3;7-10,13-14,33H,3-6,11-12H2,1-2H3/p+3. The molecule has 0 atom stereocenters. The zero-order valence-corrected chi connectivity index (χ0v) is 99.5. The van der Waals surface area contributed by atoms with Gasteiger partial charge < -0.3 is 68.8 Å². The number of carbonyl (C=O) groups excluding carboxylic acids is 9. The van der Waals surface area contributed by atoms with Gasteiger partial charge in [-0.1, -0.05) is 0 Å². The van der Waals surface area contributed by atoms with E-state index in [0.717, 1.165) is 128 Å². The first-order valence-electron chi connectivity index (χ1n) is 36.7. The van der Waals surface area contributed by atoms with E-state index < -0.39 is 100 Å². The lowest BCUT2D eigenvalue weighted by Crippen LogP contribution is -2.86. The van der Waals surface area contributed by atoms with E-state index in [4.69, 9.17) is 42.6 Å². The number of rotatable bonds is 27. The summed E-state index contributed by atoms with van der Waals surface area (Å²) >= 11 is 33.7. The van der Waals surface area contributed by atoms with Crippen LogP contribution in [0.4, 0.5) is 0 Å². The van der Waals surface area contributed by atoms with E-state index in [-0.39, 0.29) is 66.8 Å². The van der Waals surface area contributed by atoms with E-state index in [1.165, 1.54) is 19.1 Å². The van der Waals surface area contributed by atoms with Crippen molar-refractivity contribution in [1.82, 2.24) is 0 Å². The fourth-order valence-corrected chi connectivity index (χ4v) is 25.9. The second-order valence-electron chi connectivity index (χ2n) is 30.3. The summed E-state index contributed by atoms with van der Waals surface area (Å²) < 4.78 is 64.6. The van der Waals surface area contributed by atoms with Crippen molar-refractivity contribution in [2.24, 2.45) is 34.5 Å². The van der Waals surface area contributed by atoms with Gasteiger partial charge in [0.2, 0.25) is 0 Å². The highest BCUT2D eigenvalue weighted by Crippen LogP contribution is 2.39. The monoisotopic (exact) mass is 3440 g/mol. The average Bonchev–Trinajstić information content (AvgIpc) is 0.802. The average molecular weight is 3440 g/mol. The van der Waals surface area contributed by atoms with E-state index in [1.54, 1.807) is 43.3 Å². The van der Waals surface area contributed by atoms with Crippen LogP contribution < -0.4 is 16.0 Å². The maximum Gasteiger partial charge on any atom is 0.342 e. The number of phenolic OH excluding ortho intramolecular Hbond substituents is 2. The molecule has 648 valence electrons. The Bertz CT molecular complexity index is 4350. The lowest BCUT2D eigenvalue weighted by Gasteiger charge is -2.38. The highest BCUT2D eigenvalue weighted by Gasteiger charge is 2.47. The number of hydrogen-bond donors (Lipinski definition) is 5. The van der Waals surface area contributed by atoms with Crippen LogP contribution in [0.25, 0.3) is 0 Å². The number of phenols is 2. The fraction of sp³-hybridized carbons (Fsp3) is 0.438. The van der Waals surface area contributed by atoms with Gasteiger partial charge in [-0.05, 0) is 490 Å². The smallest absolute Gasteiger partial charge is 0.342 e. The SMILES string of the molecule is CC(C)(OC(=O)C(COC(=O)c1cc(I)cc(I)c1I)COC(=O)c1cc(I)cc(I)c1I)C1CC[NH2+]CC1.CC(COC(=O)c1cc(I)cc(I)c1I)(COC(=O)c1cc(I)cc(I)c1I)C(=O)OC(C)(C)C1CC[NH2+]CC1.CC(COC(=O)c1cc(I)cc(I)c1O)(COC(=O)c1cc(I)cc(I)c1O)C(=O)OC(C)(C)C1CC[NH2+]CC1. The predicted octanol–water partition coefficient (Wildman–Crippen LogP) is 17.7. The second kappa shape index (κ2) is 49.4. The quantitative estimate of drug-likeness (QED) is 0.0138. The first kappa shape index (κ1) is 108. The van der Waals surface area contributed by atoms with Gasteiger partial charge in [0.25, 0.3) is 0 Å². The predicted molar refractivity (Wildman–Crippen MR) is 581 cm³/mol. The van der Waals surface area contributed by atoms with Crippen molar-refractivity contribution in [2.45, 2.75) is 111 Å². The van der Waals surface area contributed by atoms with Crippen LogP contribution in [0.5, 0.6) is 11.5 Å². The lowest BCUT2D eigenvalue weighted by molar-refractivity contribution is -0.666. The summed E-state index contributed by atoms with van der Waals surface area (Å²) in [4.78, 5) is 119. The number of piperidine rings is 3. The van der Waals surface area contributed by atoms with Gasteiger partial charge in [-0.25, -0.2) is 28.8 Å². The van der Waals surface area contributed by atoms with Gasteiger partial charge in [-0.3, -0.25) is 14.4 Å². The molecule has 0 unspecified atom stereocenters. The molecule has 119 heavy (non-hydrogen) atoms. The first-order valence-corrected chi connectivity index (χ1v) is 54.0. The molecule has 3 saturated heterocycles. The summed E-state index contributed by atoms with van der Waals surface area (Å²) in [6, 6.07) is 21.3. The van der Waals surface area contributed by atoms with Crippen molar-refractivity contribution < 1.29 is 112 Å². The Morgan fingerprint density at radius 2 is 0.529 bits per heavy atom. The van der Waals surface area contributed by atoms with Crippen LogP contribution in [0, 0.1) is 91.6 Å². The molecule has 0 aliphatic carbocycles. The van der Waals surface area contributed by atoms with Gasteiger partial charge in [0.1, 0.15) is 95.8 Å². The Kier molecular flexibility index (Phi) is 44.8. The van der Waals surface area contributed by atoms with Crippen LogP contribution in [-0.4, -0.2) is 160 Å². The van der Waals surface area contributed by atoms with Crippen molar-refractivity contribution in [3.63, 3.8) is 0 Å². The van der Waals surface area contributed by atoms with Gasteiger partial charge >= 0.3 is 53.7 Å². The van der Waals surface area contributed by atoms with Crippen molar-refractivity contribution in [3.8, 4) is 11.5 Å². The summed E-state index contributed by atoms with van der Waals surface area (Å²) in [6.45, 7) is 18.3. The van der Waals surface area contributed by atoms with Crippen LogP contribution in [-0.2, 0) is 57.0 Å². The molecule has 8 N–H and O–H groups in total. The Balaban J connectivity index is 0.000000246. The molecule has 3 fully saturated rings. The van der Waals surface area contributed by atoms with Crippen molar-refractivity contribution in [1.29, 1.82) is 0 Å². The van der Waals surface area contributed by atoms with Crippen molar-refractivity contribution >= 4 is 415 Å². The highest BCUT2D eigenvalue weighted by atomic mass is 127. The minimum absolute atomic E-state index is 0.0406. The van der Waals surface area contributed by atoms with E-state index in [9.17, 15) is 53.4 Å². The molecule has 23 nitrogen and oxygen atoms in total. The van der Waals surface area contributed by atoms with E-state index >= 15 is 0 Å². The topological polar surface area (TPSA) is 327 Å².